The zero-order valence-corrected chi connectivity index (χ0v) is 11.6. The lowest BCUT2D eigenvalue weighted by Gasteiger charge is -2.29. The Balaban J connectivity index is 1.82. The number of nitroso groups, excluding NO2 is 1. The van der Waals surface area contributed by atoms with Crippen molar-refractivity contribution in [2.24, 2.45) is 5.18 Å². The summed E-state index contributed by atoms with van der Waals surface area (Å²) in [5.41, 5.74) is 1.62. The molecule has 1 heterocycles. The van der Waals surface area contributed by atoms with Crippen molar-refractivity contribution in [3.63, 3.8) is 0 Å². The molecule has 1 saturated heterocycles. The van der Waals surface area contributed by atoms with Gasteiger partial charge in [-0.2, -0.15) is 0 Å². The highest BCUT2D eigenvalue weighted by Gasteiger charge is 2.13. The SMILES string of the molecule is O=Nc1ccc(CSC(=S)N2CCNCC2)cc1. The van der Waals surface area contributed by atoms with Crippen LogP contribution in [0.1, 0.15) is 5.56 Å². The molecule has 0 saturated carbocycles. The van der Waals surface area contributed by atoms with Crippen LogP contribution >= 0.6 is 24.0 Å². The maximum absolute atomic E-state index is 10.3. The van der Waals surface area contributed by atoms with Crippen molar-refractivity contribution in [1.82, 2.24) is 10.2 Å². The Kier molecular flexibility index (Phi) is 5.10. The Morgan fingerprint density at radius 1 is 1.33 bits per heavy atom. The normalized spacial score (nSPS) is 15.4. The fourth-order valence-corrected chi connectivity index (χ4v) is 2.94. The van der Waals surface area contributed by atoms with E-state index in [4.69, 9.17) is 12.2 Å². The second-order valence-corrected chi connectivity index (χ2v) is 5.66. The van der Waals surface area contributed by atoms with Gasteiger partial charge in [-0.05, 0) is 22.9 Å². The van der Waals surface area contributed by atoms with Crippen molar-refractivity contribution in [2.75, 3.05) is 26.2 Å². The first kappa shape index (κ1) is 13.5. The van der Waals surface area contributed by atoms with Gasteiger partial charge in [0.2, 0.25) is 0 Å². The minimum atomic E-state index is 0.466. The minimum Gasteiger partial charge on any atom is -0.355 e. The third-order valence-corrected chi connectivity index (χ3v) is 4.37. The van der Waals surface area contributed by atoms with Gasteiger partial charge in [0.05, 0.1) is 0 Å². The fourth-order valence-electron chi connectivity index (χ4n) is 1.74. The summed E-state index contributed by atoms with van der Waals surface area (Å²) in [7, 11) is 0. The van der Waals surface area contributed by atoms with E-state index in [0.717, 1.165) is 41.8 Å². The third-order valence-electron chi connectivity index (χ3n) is 2.78. The molecule has 1 aliphatic rings. The number of thioether (sulfide) groups is 1. The van der Waals surface area contributed by atoms with Crippen LogP contribution in [0.15, 0.2) is 29.4 Å². The number of hydrogen-bond acceptors (Lipinski definition) is 5. The van der Waals surface area contributed by atoms with Crippen molar-refractivity contribution in [3.8, 4) is 0 Å². The number of benzene rings is 1. The van der Waals surface area contributed by atoms with Crippen LogP contribution in [0.4, 0.5) is 5.69 Å². The Hall–Kier alpha value is -0.980. The Bertz CT molecular complexity index is 416. The minimum absolute atomic E-state index is 0.466. The molecule has 18 heavy (non-hydrogen) atoms. The van der Waals surface area contributed by atoms with E-state index in [1.807, 2.05) is 12.1 Å². The largest absolute Gasteiger partial charge is 0.355 e. The number of thiocarbonyl (C=S) groups is 1. The summed E-state index contributed by atoms with van der Waals surface area (Å²) < 4.78 is 0.953. The lowest BCUT2D eigenvalue weighted by atomic mass is 10.2. The molecule has 0 bridgehead atoms. The number of nitrogens with one attached hydrogen (secondary N) is 1. The van der Waals surface area contributed by atoms with Gasteiger partial charge in [-0.1, -0.05) is 36.1 Å². The molecule has 0 unspecified atom stereocenters. The quantitative estimate of drug-likeness (QED) is 0.681. The van der Waals surface area contributed by atoms with Crippen molar-refractivity contribution in [3.05, 3.63) is 34.7 Å². The Morgan fingerprint density at radius 2 is 2.00 bits per heavy atom. The molecule has 0 aromatic heterocycles. The molecular weight excluding hydrogens is 266 g/mol. The standard InChI is InChI=1S/C12H15N3OS2/c16-14-11-3-1-10(2-4-11)9-18-12(17)15-7-5-13-6-8-15/h1-4,13H,5-9H2. The smallest absolute Gasteiger partial charge is 0.136 e. The van der Waals surface area contributed by atoms with Gasteiger partial charge in [-0.3, -0.25) is 0 Å². The highest BCUT2D eigenvalue weighted by Crippen LogP contribution is 2.19. The Morgan fingerprint density at radius 3 is 2.61 bits per heavy atom. The van der Waals surface area contributed by atoms with Crippen LogP contribution in [-0.2, 0) is 5.75 Å². The highest BCUT2D eigenvalue weighted by molar-refractivity contribution is 8.22. The summed E-state index contributed by atoms with van der Waals surface area (Å²) in [6.07, 6.45) is 0. The molecule has 4 nitrogen and oxygen atoms in total. The van der Waals surface area contributed by atoms with Gasteiger partial charge in [0.15, 0.2) is 0 Å². The molecule has 2 rings (SSSR count). The van der Waals surface area contributed by atoms with Gasteiger partial charge in [0.25, 0.3) is 0 Å². The first-order valence-corrected chi connectivity index (χ1v) is 7.24. The van der Waals surface area contributed by atoms with Crippen LogP contribution in [0.5, 0.6) is 0 Å². The number of nitrogens with zero attached hydrogens (tertiary/aromatic N) is 2. The van der Waals surface area contributed by atoms with E-state index in [-0.39, 0.29) is 0 Å². The van der Waals surface area contributed by atoms with Crippen LogP contribution in [0.3, 0.4) is 0 Å². The molecule has 6 heteroatoms. The van der Waals surface area contributed by atoms with Crippen LogP contribution < -0.4 is 5.32 Å². The van der Waals surface area contributed by atoms with E-state index in [9.17, 15) is 4.91 Å². The molecule has 1 aromatic rings. The predicted octanol–water partition coefficient (Wildman–Crippen LogP) is 2.51. The van der Waals surface area contributed by atoms with Crippen molar-refractivity contribution >= 4 is 34.0 Å². The monoisotopic (exact) mass is 281 g/mol. The summed E-state index contributed by atoms with van der Waals surface area (Å²) in [4.78, 5) is 12.5. The summed E-state index contributed by atoms with van der Waals surface area (Å²) in [6.45, 7) is 3.97. The third kappa shape index (κ3) is 3.76. The predicted molar refractivity (Wildman–Crippen MR) is 80.2 cm³/mol. The van der Waals surface area contributed by atoms with Crippen molar-refractivity contribution in [1.29, 1.82) is 0 Å². The molecule has 0 spiro atoms. The molecule has 1 fully saturated rings. The maximum atomic E-state index is 10.3. The molecule has 0 amide bonds. The van der Waals surface area contributed by atoms with Gasteiger partial charge in [-0.25, -0.2) is 0 Å². The van der Waals surface area contributed by atoms with Gasteiger partial charge < -0.3 is 10.2 Å². The first-order chi connectivity index (χ1) is 8.79. The molecule has 1 aromatic carbocycles. The van der Waals surface area contributed by atoms with Gasteiger partial charge in [0.1, 0.15) is 10.0 Å². The van der Waals surface area contributed by atoms with E-state index >= 15 is 0 Å². The van der Waals surface area contributed by atoms with E-state index in [1.54, 1.807) is 23.9 Å². The lowest BCUT2D eigenvalue weighted by Crippen LogP contribution is -2.44. The van der Waals surface area contributed by atoms with Gasteiger partial charge in [0, 0.05) is 31.9 Å². The van der Waals surface area contributed by atoms with Gasteiger partial charge in [-0.15, -0.1) is 4.91 Å². The van der Waals surface area contributed by atoms with Crippen LogP contribution in [0.25, 0.3) is 0 Å². The number of piperazine rings is 1. The average molecular weight is 281 g/mol. The number of rotatable bonds is 3. The lowest BCUT2D eigenvalue weighted by molar-refractivity contribution is 0.368. The maximum Gasteiger partial charge on any atom is 0.136 e. The molecule has 0 radical (unpaired) electrons. The number of hydrogen-bond donors (Lipinski definition) is 1. The topological polar surface area (TPSA) is 44.7 Å². The first-order valence-electron chi connectivity index (χ1n) is 5.84. The van der Waals surface area contributed by atoms with Crippen molar-refractivity contribution < 1.29 is 0 Å². The fraction of sp³-hybridized carbons (Fsp3) is 0.417. The summed E-state index contributed by atoms with van der Waals surface area (Å²) in [5, 5.41) is 6.19. The van der Waals surface area contributed by atoms with E-state index in [2.05, 4.69) is 15.4 Å². The highest BCUT2D eigenvalue weighted by atomic mass is 32.2. The molecule has 0 atom stereocenters. The van der Waals surface area contributed by atoms with Crippen LogP contribution in [0.2, 0.25) is 0 Å². The summed E-state index contributed by atoms with van der Waals surface area (Å²) in [6, 6.07) is 7.31. The van der Waals surface area contributed by atoms with E-state index in [1.165, 1.54) is 0 Å². The molecule has 0 aliphatic carbocycles. The zero-order valence-electron chi connectivity index (χ0n) is 9.96. The van der Waals surface area contributed by atoms with Gasteiger partial charge >= 0.3 is 0 Å². The summed E-state index contributed by atoms with van der Waals surface area (Å²) in [5.74, 6) is 0.835. The zero-order chi connectivity index (χ0) is 12.8. The molecular formula is C12H15N3OS2. The molecule has 1 aliphatic heterocycles. The average Bonchev–Trinajstić information content (AvgIpc) is 2.46. The van der Waals surface area contributed by atoms with Crippen molar-refractivity contribution in [2.45, 2.75) is 5.75 Å². The molecule has 96 valence electrons. The van der Waals surface area contributed by atoms with E-state index < -0.39 is 0 Å². The second kappa shape index (κ2) is 6.82. The Labute approximate surface area is 116 Å². The van der Waals surface area contributed by atoms with E-state index in [0.29, 0.717) is 5.69 Å². The van der Waals surface area contributed by atoms with Crippen LogP contribution in [0, 0.1) is 4.91 Å². The molecule has 1 N–H and O–H groups in total. The summed E-state index contributed by atoms with van der Waals surface area (Å²) >= 11 is 7.08. The van der Waals surface area contributed by atoms with Crippen LogP contribution in [-0.4, -0.2) is 35.4 Å². The second-order valence-electron chi connectivity index (χ2n) is 4.05.